The summed E-state index contributed by atoms with van der Waals surface area (Å²) in [4.78, 5) is 0. The minimum absolute atomic E-state index is 0.177. The average molecular weight is 321 g/mol. The quantitative estimate of drug-likeness (QED) is 0.265. The summed E-state index contributed by atoms with van der Waals surface area (Å²) in [7, 11) is -1.53. The van der Waals surface area contributed by atoms with Gasteiger partial charge in [0.25, 0.3) is 8.53 Å². The Morgan fingerprint density at radius 2 is 1.40 bits per heavy atom. The number of hydrazine groups is 1. The van der Waals surface area contributed by atoms with Crippen LogP contribution in [0.1, 0.15) is 40.5 Å². The summed E-state index contributed by atoms with van der Waals surface area (Å²) in [6, 6.07) is 4.37. The number of nitriles is 2. The van der Waals surface area contributed by atoms with E-state index in [4.69, 9.17) is 31.3 Å². The third-order valence-electron chi connectivity index (χ3n) is 2.21. The molecule has 0 aliphatic heterocycles. The Labute approximate surface area is 127 Å². The van der Waals surface area contributed by atoms with Crippen molar-refractivity contribution in [3.8, 4) is 12.1 Å². The highest BCUT2D eigenvalue weighted by Gasteiger charge is 2.30. The van der Waals surface area contributed by atoms with Gasteiger partial charge in [-0.25, -0.2) is 5.01 Å². The maximum Gasteiger partial charge on any atom is 0.289 e. The Balaban J connectivity index is 4.70. The van der Waals surface area contributed by atoms with Crippen LogP contribution in [0.5, 0.6) is 0 Å². The van der Waals surface area contributed by atoms with Gasteiger partial charge < -0.3 is 9.05 Å². The fourth-order valence-corrected chi connectivity index (χ4v) is 3.49. The van der Waals surface area contributed by atoms with Crippen molar-refractivity contribution >= 4 is 20.3 Å². The van der Waals surface area contributed by atoms with Gasteiger partial charge in [0.2, 0.25) is 0 Å². The standard InChI is InChI=1S/C12H22ClN4O2P/c1-11(2)16(12(3)4)17(13)20(18-9-5-7-14)19-10-6-8-15/h11-12H,5-6,9-10H2,1-4H3. The number of rotatable bonds is 10. The van der Waals surface area contributed by atoms with Crippen molar-refractivity contribution in [3.05, 3.63) is 0 Å². The molecule has 0 saturated carbocycles. The summed E-state index contributed by atoms with van der Waals surface area (Å²) >= 11 is 6.33. The molecular formula is C12H22ClN4O2P. The smallest absolute Gasteiger partial charge is 0.289 e. The van der Waals surface area contributed by atoms with Crippen LogP contribution in [-0.2, 0) is 9.05 Å². The first kappa shape index (κ1) is 19.5. The predicted molar refractivity (Wildman–Crippen MR) is 79.1 cm³/mol. The Hall–Kier alpha value is -0.460. The Morgan fingerprint density at radius 3 is 1.70 bits per heavy atom. The maximum absolute atomic E-state index is 8.55. The van der Waals surface area contributed by atoms with Crippen LogP contribution >= 0.6 is 20.3 Å². The predicted octanol–water partition coefficient (Wildman–Crippen LogP) is 3.56. The molecule has 0 heterocycles. The van der Waals surface area contributed by atoms with Gasteiger partial charge in [-0.2, -0.15) is 10.5 Å². The van der Waals surface area contributed by atoms with Gasteiger partial charge in [0.15, 0.2) is 0 Å². The average Bonchev–Trinajstić information content (AvgIpc) is 2.36. The van der Waals surface area contributed by atoms with Crippen molar-refractivity contribution in [2.45, 2.75) is 52.6 Å². The van der Waals surface area contributed by atoms with Gasteiger partial charge in [0, 0.05) is 23.9 Å². The van der Waals surface area contributed by atoms with E-state index in [1.807, 2.05) is 44.8 Å². The van der Waals surface area contributed by atoms with Gasteiger partial charge in [0.1, 0.15) is 0 Å². The molecule has 0 aromatic rings. The van der Waals surface area contributed by atoms with Crippen molar-refractivity contribution < 1.29 is 9.05 Å². The third-order valence-corrected chi connectivity index (χ3v) is 4.04. The summed E-state index contributed by atoms with van der Waals surface area (Å²) in [5.41, 5.74) is 0. The van der Waals surface area contributed by atoms with E-state index in [2.05, 4.69) is 0 Å². The zero-order valence-electron chi connectivity index (χ0n) is 12.4. The second kappa shape index (κ2) is 11.2. The van der Waals surface area contributed by atoms with E-state index in [1.165, 1.54) is 4.30 Å². The van der Waals surface area contributed by atoms with Crippen LogP contribution in [0.3, 0.4) is 0 Å². The van der Waals surface area contributed by atoms with Gasteiger partial charge in [-0.05, 0) is 27.7 Å². The molecule has 0 amide bonds. The number of nitrogens with zero attached hydrogens (tertiary/aromatic N) is 4. The molecule has 0 radical (unpaired) electrons. The Morgan fingerprint density at radius 1 is 1.00 bits per heavy atom. The Kier molecular flexibility index (Phi) is 11.0. The zero-order chi connectivity index (χ0) is 15.5. The minimum Gasteiger partial charge on any atom is -0.319 e. The van der Waals surface area contributed by atoms with Crippen LogP contribution in [-0.4, -0.2) is 34.6 Å². The lowest BCUT2D eigenvalue weighted by Gasteiger charge is -2.38. The first-order valence-corrected chi connectivity index (χ1v) is 7.96. The van der Waals surface area contributed by atoms with Crippen molar-refractivity contribution in [1.82, 2.24) is 9.31 Å². The summed E-state index contributed by atoms with van der Waals surface area (Å²) in [6.45, 7) is 8.59. The van der Waals surface area contributed by atoms with Gasteiger partial charge in [-0.15, -0.1) is 0 Å². The first-order chi connectivity index (χ1) is 9.45. The van der Waals surface area contributed by atoms with Crippen molar-refractivity contribution in [1.29, 1.82) is 10.5 Å². The van der Waals surface area contributed by atoms with E-state index in [9.17, 15) is 0 Å². The highest BCUT2D eigenvalue weighted by atomic mass is 35.5. The zero-order valence-corrected chi connectivity index (χ0v) is 14.1. The summed E-state index contributed by atoms with van der Waals surface area (Å²) in [6.07, 6.45) is 0.545. The lowest BCUT2D eigenvalue weighted by atomic mass is 10.3. The molecular weight excluding hydrogens is 299 g/mol. The largest absolute Gasteiger partial charge is 0.319 e. The maximum atomic E-state index is 8.55. The van der Waals surface area contributed by atoms with E-state index in [0.717, 1.165) is 0 Å². The second-order valence-electron chi connectivity index (χ2n) is 4.53. The molecule has 6 nitrogen and oxygen atoms in total. The second-order valence-corrected chi connectivity index (χ2v) is 6.46. The number of halogens is 1. The van der Waals surface area contributed by atoms with E-state index >= 15 is 0 Å². The van der Waals surface area contributed by atoms with Gasteiger partial charge >= 0.3 is 0 Å². The van der Waals surface area contributed by atoms with Crippen LogP contribution in [0.4, 0.5) is 0 Å². The fourth-order valence-electron chi connectivity index (χ4n) is 1.53. The van der Waals surface area contributed by atoms with E-state index in [1.54, 1.807) is 0 Å². The van der Waals surface area contributed by atoms with Crippen LogP contribution < -0.4 is 0 Å². The molecule has 0 rings (SSSR count). The van der Waals surface area contributed by atoms with Crippen LogP contribution in [0.25, 0.3) is 0 Å². The summed E-state index contributed by atoms with van der Waals surface area (Å²) in [5, 5.41) is 19.0. The van der Waals surface area contributed by atoms with E-state index < -0.39 is 8.53 Å². The molecule has 0 fully saturated rings. The van der Waals surface area contributed by atoms with Crippen molar-refractivity contribution in [3.63, 3.8) is 0 Å². The Bertz CT molecular complexity index is 315. The normalized spacial score (nSPS) is 11.6. The highest BCUT2D eigenvalue weighted by Crippen LogP contribution is 2.46. The lowest BCUT2D eigenvalue weighted by Crippen LogP contribution is -2.44. The molecule has 0 saturated heterocycles. The van der Waals surface area contributed by atoms with Crippen LogP contribution in [0, 0.1) is 22.7 Å². The molecule has 0 aliphatic carbocycles. The molecule has 0 atom stereocenters. The molecule has 20 heavy (non-hydrogen) atoms. The highest BCUT2D eigenvalue weighted by molar-refractivity contribution is 7.45. The fraction of sp³-hybridized carbons (Fsp3) is 0.833. The van der Waals surface area contributed by atoms with Crippen molar-refractivity contribution in [2.75, 3.05) is 13.2 Å². The van der Waals surface area contributed by atoms with Gasteiger partial charge in [0.05, 0.1) is 38.2 Å². The van der Waals surface area contributed by atoms with Gasteiger partial charge in [-0.1, -0.05) is 4.30 Å². The molecule has 114 valence electrons. The third kappa shape index (κ3) is 7.36. The van der Waals surface area contributed by atoms with Crippen LogP contribution in [0.2, 0.25) is 0 Å². The number of hydrogen-bond acceptors (Lipinski definition) is 6. The molecule has 0 spiro atoms. The molecule has 0 aromatic heterocycles. The molecule has 0 aromatic carbocycles. The molecule has 0 bridgehead atoms. The SMILES string of the molecule is CC(C)N(C(C)C)N(Cl)P(OCCC#N)OCCC#N. The molecule has 8 heteroatoms. The molecule has 0 N–H and O–H groups in total. The summed E-state index contributed by atoms with van der Waals surface area (Å²) < 4.78 is 12.5. The molecule has 0 unspecified atom stereocenters. The first-order valence-electron chi connectivity index (χ1n) is 6.49. The monoisotopic (exact) mass is 320 g/mol. The van der Waals surface area contributed by atoms with Crippen molar-refractivity contribution in [2.24, 2.45) is 0 Å². The van der Waals surface area contributed by atoms with E-state index in [-0.39, 0.29) is 38.1 Å². The van der Waals surface area contributed by atoms with E-state index in [0.29, 0.717) is 0 Å². The van der Waals surface area contributed by atoms with Gasteiger partial charge in [-0.3, -0.25) is 0 Å². The number of hydrogen-bond donors (Lipinski definition) is 0. The lowest BCUT2D eigenvalue weighted by molar-refractivity contribution is 0.0379. The minimum atomic E-state index is -1.53. The van der Waals surface area contributed by atoms with Crippen LogP contribution in [0.15, 0.2) is 0 Å². The summed E-state index contributed by atoms with van der Waals surface area (Å²) in [5.74, 6) is 0. The topological polar surface area (TPSA) is 72.5 Å². The molecule has 0 aliphatic rings.